The number of rotatable bonds is 2. The maximum Gasteiger partial charge on any atom is 0.137 e. The molecule has 1 aliphatic rings. The van der Waals surface area contributed by atoms with Gasteiger partial charge in [0.15, 0.2) is 0 Å². The van der Waals surface area contributed by atoms with E-state index in [1.807, 2.05) is 6.20 Å². The number of pyridine rings is 1. The minimum Gasteiger partial charge on any atom is -0.346 e. The van der Waals surface area contributed by atoms with Gasteiger partial charge in [0.25, 0.3) is 0 Å². The molecule has 3 heterocycles. The van der Waals surface area contributed by atoms with Gasteiger partial charge in [-0.05, 0) is 48.5 Å². The van der Waals surface area contributed by atoms with Crippen molar-refractivity contribution >= 4 is 11.0 Å². The Morgan fingerprint density at radius 1 is 1.33 bits per heavy atom. The van der Waals surface area contributed by atoms with Crippen LogP contribution in [0.2, 0.25) is 0 Å². The first kappa shape index (κ1) is 11.7. The van der Waals surface area contributed by atoms with Crippen molar-refractivity contribution in [2.75, 3.05) is 13.1 Å². The van der Waals surface area contributed by atoms with Gasteiger partial charge in [-0.3, -0.25) is 0 Å². The smallest absolute Gasteiger partial charge is 0.137 e. The molecule has 0 spiro atoms. The topological polar surface area (TPSA) is 40.7 Å². The van der Waals surface area contributed by atoms with Crippen LogP contribution in [-0.2, 0) is 11.8 Å². The molecule has 0 aromatic carbocycles. The van der Waals surface area contributed by atoms with Crippen LogP contribution in [0.4, 0.5) is 0 Å². The maximum atomic E-state index is 4.84. The van der Waals surface area contributed by atoms with Gasteiger partial charge in [-0.25, -0.2) is 4.98 Å². The van der Waals surface area contributed by atoms with Crippen LogP contribution in [0, 0.1) is 5.92 Å². The fraction of sp³-hybridized carbons (Fsp3) is 0.533. The summed E-state index contributed by atoms with van der Waals surface area (Å²) in [7, 11) is 0. The fourth-order valence-corrected chi connectivity index (χ4v) is 2.59. The third kappa shape index (κ3) is 2.03. The van der Waals surface area contributed by atoms with Crippen molar-refractivity contribution in [1.82, 2.24) is 15.3 Å². The number of H-pyrrole nitrogens is 1. The lowest BCUT2D eigenvalue weighted by atomic mass is 9.82. The lowest BCUT2D eigenvalue weighted by Crippen LogP contribution is -2.43. The minimum absolute atomic E-state index is 0.158. The summed E-state index contributed by atoms with van der Waals surface area (Å²) in [4.78, 5) is 8.06. The summed E-state index contributed by atoms with van der Waals surface area (Å²) in [6.45, 7) is 9.07. The zero-order valence-corrected chi connectivity index (χ0v) is 11.4. The quantitative estimate of drug-likeness (QED) is 0.851. The normalized spacial score (nSPS) is 17.1. The zero-order valence-electron chi connectivity index (χ0n) is 11.4. The molecule has 0 bridgehead atoms. The molecule has 0 aliphatic carbocycles. The Morgan fingerprint density at radius 3 is 2.72 bits per heavy atom. The molecule has 2 aromatic heterocycles. The van der Waals surface area contributed by atoms with Gasteiger partial charge in [-0.1, -0.05) is 20.8 Å². The third-order valence-corrected chi connectivity index (χ3v) is 3.77. The van der Waals surface area contributed by atoms with E-state index in [0.29, 0.717) is 0 Å². The average molecular weight is 243 g/mol. The van der Waals surface area contributed by atoms with Crippen molar-refractivity contribution in [3.63, 3.8) is 0 Å². The van der Waals surface area contributed by atoms with Crippen LogP contribution in [0.1, 0.15) is 32.0 Å². The molecule has 2 N–H and O–H groups in total. The van der Waals surface area contributed by atoms with E-state index in [1.165, 1.54) is 16.6 Å². The van der Waals surface area contributed by atoms with Crippen molar-refractivity contribution in [1.29, 1.82) is 0 Å². The van der Waals surface area contributed by atoms with Crippen LogP contribution >= 0.6 is 0 Å². The predicted molar refractivity (Wildman–Crippen MR) is 74.9 cm³/mol. The largest absolute Gasteiger partial charge is 0.346 e. The average Bonchev–Trinajstić information content (AvgIpc) is 2.67. The van der Waals surface area contributed by atoms with Gasteiger partial charge in [0.05, 0.1) is 0 Å². The summed E-state index contributed by atoms with van der Waals surface area (Å²) in [6, 6.07) is 4.41. The first-order chi connectivity index (χ1) is 8.54. The van der Waals surface area contributed by atoms with Crippen molar-refractivity contribution in [3.8, 4) is 0 Å². The zero-order chi connectivity index (χ0) is 12.8. The molecule has 2 aromatic rings. The molecule has 0 saturated carbocycles. The number of hydrogen-bond acceptors (Lipinski definition) is 2. The van der Waals surface area contributed by atoms with Crippen LogP contribution < -0.4 is 5.32 Å². The Kier molecular flexibility index (Phi) is 2.67. The standard InChI is InChI=1S/C15H21N3/c1-15(2,3)12-7-11-4-5-17-14(11)18-13(12)6-10-8-16-9-10/h4-5,7,10,16H,6,8-9H2,1-3H3,(H,17,18). The summed E-state index contributed by atoms with van der Waals surface area (Å²) in [5, 5.41) is 4.55. The highest BCUT2D eigenvalue weighted by Crippen LogP contribution is 2.29. The molecule has 1 saturated heterocycles. The van der Waals surface area contributed by atoms with Crippen LogP contribution in [0.5, 0.6) is 0 Å². The highest BCUT2D eigenvalue weighted by atomic mass is 15.0. The van der Waals surface area contributed by atoms with Crippen molar-refractivity contribution < 1.29 is 0 Å². The Labute approximate surface area is 108 Å². The number of aromatic nitrogens is 2. The monoisotopic (exact) mass is 243 g/mol. The van der Waals surface area contributed by atoms with Gasteiger partial charge in [0, 0.05) is 17.3 Å². The molecule has 3 heteroatoms. The summed E-state index contributed by atoms with van der Waals surface area (Å²) in [6.07, 6.45) is 3.06. The lowest BCUT2D eigenvalue weighted by Gasteiger charge is -2.29. The van der Waals surface area contributed by atoms with Crippen LogP contribution in [-0.4, -0.2) is 23.1 Å². The number of aromatic amines is 1. The molecule has 0 radical (unpaired) electrons. The van der Waals surface area contributed by atoms with E-state index in [2.05, 4.69) is 43.2 Å². The van der Waals surface area contributed by atoms with Crippen LogP contribution in [0.15, 0.2) is 18.3 Å². The van der Waals surface area contributed by atoms with E-state index in [-0.39, 0.29) is 5.41 Å². The van der Waals surface area contributed by atoms with Crippen molar-refractivity contribution in [3.05, 3.63) is 29.6 Å². The molecule has 0 unspecified atom stereocenters. The highest BCUT2D eigenvalue weighted by molar-refractivity contribution is 5.76. The van der Waals surface area contributed by atoms with E-state index < -0.39 is 0 Å². The number of hydrogen-bond donors (Lipinski definition) is 2. The molecule has 1 fully saturated rings. The van der Waals surface area contributed by atoms with Gasteiger partial charge in [-0.2, -0.15) is 0 Å². The van der Waals surface area contributed by atoms with E-state index in [9.17, 15) is 0 Å². The second kappa shape index (κ2) is 4.09. The maximum absolute atomic E-state index is 4.84. The molecule has 1 aliphatic heterocycles. The molecule has 3 rings (SSSR count). The summed E-state index contributed by atoms with van der Waals surface area (Å²) >= 11 is 0. The van der Waals surface area contributed by atoms with E-state index in [0.717, 1.165) is 31.1 Å². The van der Waals surface area contributed by atoms with E-state index in [1.54, 1.807) is 0 Å². The van der Waals surface area contributed by atoms with Gasteiger partial charge in [-0.15, -0.1) is 0 Å². The second-order valence-corrected chi connectivity index (χ2v) is 6.38. The van der Waals surface area contributed by atoms with Crippen molar-refractivity contribution in [2.24, 2.45) is 5.92 Å². The Bertz CT molecular complexity index is 559. The van der Waals surface area contributed by atoms with Crippen molar-refractivity contribution in [2.45, 2.75) is 32.6 Å². The molecule has 96 valence electrons. The third-order valence-electron chi connectivity index (χ3n) is 3.77. The Balaban J connectivity index is 2.06. The molecule has 0 amide bonds. The number of nitrogens with zero attached hydrogens (tertiary/aromatic N) is 1. The summed E-state index contributed by atoms with van der Waals surface area (Å²) < 4.78 is 0. The Morgan fingerprint density at radius 2 is 2.11 bits per heavy atom. The van der Waals surface area contributed by atoms with E-state index in [4.69, 9.17) is 4.98 Å². The lowest BCUT2D eigenvalue weighted by molar-refractivity contribution is 0.342. The molecule has 0 atom stereocenters. The van der Waals surface area contributed by atoms with Gasteiger partial charge >= 0.3 is 0 Å². The summed E-state index contributed by atoms with van der Waals surface area (Å²) in [5.41, 5.74) is 3.83. The first-order valence-corrected chi connectivity index (χ1v) is 6.72. The number of fused-ring (bicyclic) bond motifs is 1. The molecule has 18 heavy (non-hydrogen) atoms. The van der Waals surface area contributed by atoms with Gasteiger partial charge in [0.1, 0.15) is 5.65 Å². The fourth-order valence-electron chi connectivity index (χ4n) is 2.59. The SMILES string of the molecule is CC(C)(C)c1cc2cc[nH]c2nc1CC1CNC1. The number of nitrogens with one attached hydrogen (secondary N) is 2. The highest BCUT2D eigenvalue weighted by Gasteiger charge is 2.24. The Hall–Kier alpha value is -1.35. The van der Waals surface area contributed by atoms with Crippen LogP contribution in [0.3, 0.4) is 0 Å². The predicted octanol–water partition coefficient (Wildman–Crippen LogP) is 2.62. The second-order valence-electron chi connectivity index (χ2n) is 6.38. The van der Waals surface area contributed by atoms with Gasteiger partial charge < -0.3 is 10.3 Å². The first-order valence-electron chi connectivity index (χ1n) is 6.72. The molecular weight excluding hydrogens is 222 g/mol. The minimum atomic E-state index is 0.158. The molecule has 3 nitrogen and oxygen atoms in total. The summed E-state index contributed by atoms with van der Waals surface area (Å²) in [5.74, 6) is 0.756. The molecular formula is C15H21N3. The van der Waals surface area contributed by atoms with E-state index >= 15 is 0 Å². The van der Waals surface area contributed by atoms with Crippen LogP contribution in [0.25, 0.3) is 11.0 Å². The van der Waals surface area contributed by atoms with Gasteiger partial charge in [0.2, 0.25) is 0 Å².